The molecule has 134 valence electrons. The van der Waals surface area contributed by atoms with Gasteiger partial charge in [-0.1, -0.05) is 55.5 Å². The zero-order valence-corrected chi connectivity index (χ0v) is 17.8. The van der Waals surface area contributed by atoms with Crippen molar-refractivity contribution in [2.75, 3.05) is 5.32 Å². The SMILES string of the molecule is CCc1ccccc1NCc1cc(Br)c(OCc2ccccc2)c(Br)c1. The van der Waals surface area contributed by atoms with Gasteiger partial charge in [0.05, 0.1) is 8.95 Å². The number of hydrogen-bond donors (Lipinski definition) is 1. The summed E-state index contributed by atoms with van der Waals surface area (Å²) in [5.41, 5.74) is 4.84. The van der Waals surface area contributed by atoms with E-state index in [2.05, 4.69) is 92.6 Å². The Bertz CT molecular complexity index is 842. The summed E-state index contributed by atoms with van der Waals surface area (Å²) >= 11 is 7.29. The maximum absolute atomic E-state index is 5.99. The Hall–Kier alpha value is -1.78. The quantitative estimate of drug-likeness (QED) is 0.399. The lowest BCUT2D eigenvalue weighted by molar-refractivity contribution is 0.302. The van der Waals surface area contributed by atoms with Gasteiger partial charge in [0.15, 0.2) is 0 Å². The molecule has 0 aromatic heterocycles. The molecular formula is C22H21Br2NO. The predicted molar refractivity (Wildman–Crippen MR) is 116 cm³/mol. The first kappa shape index (κ1) is 19.0. The van der Waals surface area contributed by atoms with E-state index in [0.29, 0.717) is 6.61 Å². The van der Waals surface area contributed by atoms with Crippen LogP contribution in [0, 0.1) is 0 Å². The van der Waals surface area contributed by atoms with E-state index in [1.54, 1.807) is 0 Å². The first-order chi connectivity index (χ1) is 12.7. The molecule has 0 heterocycles. The largest absolute Gasteiger partial charge is 0.487 e. The third kappa shape index (κ3) is 4.89. The fraction of sp³-hybridized carbons (Fsp3) is 0.182. The zero-order valence-electron chi connectivity index (χ0n) is 14.6. The minimum atomic E-state index is 0.541. The monoisotopic (exact) mass is 473 g/mol. The van der Waals surface area contributed by atoms with Crippen LogP contribution in [0.2, 0.25) is 0 Å². The maximum Gasteiger partial charge on any atom is 0.148 e. The number of para-hydroxylation sites is 1. The number of ether oxygens (including phenoxy) is 1. The molecular weight excluding hydrogens is 454 g/mol. The second-order valence-corrected chi connectivity index (χ2v) is 7.74. The van der Waals surface area contributed by atoms with Crippen molar-refractivity contribution in [1.82, 2.24) is 0 Å². The number of benzene rings is 3. The first-order valence-corrected chi connectivity index (χ1v) is 10.2. The lowest BCUT2D eigenvalue weighted by Crippen LogP contribution is -2.03. The van der Waals surface area contributed by atoms with Crippen molar-refractivity contribution in [3.05, 3.63) is 92.4 Å². The molecule has 0 spiro atoms. The van der Waals surface area contributed by atoms with Gasteiger partial charge in [-0.3, -0.25) is 0 Å². The van der Waals surface area contributed by atoms with Crippen LogP contribution in [-0.2, 0) is 19.6 Å². The summed E-state index contributed by atoms with van der Waals surface area (Å²) in [6.07, 6.45) is 1.02. The maximum atomic E-state index is 5.99. The van der Waals surface area contributed by atoms with Gasteiger partial charge in [0.2, 0.25) is 0 Å². The van der Waals surface area contributed by atoms with Crippen LogP contribution in [0.3, 0.4) is 0 Å². The highest BCUT2D eigenvalue weighted by Gasteiger charge is 2.10. The molecule has 0 saturated carbocycles. The lowest BCUT2D eigenvalue weighted by atomic mass is 10.1. The molecule has 0 aliphatic rings. The second kappa shape index (κ2) is 9.24. The minimum absolute atomic E-state index is 0.541. The predicted octanol–water partition coefficient (Wildman–Crippen LogP) is 6.97. The van der Waals surface area contributed by atoms with Crippen LogP contribution in [0.25, 0.3) is 0 Å². The van der Waals surface area contributed by atoms with Crippen LogP contribution in [0.4, 0.5) is 5.69 Å². The van der Waals surface area contributed by atoms with E-state index < -0.39 is 0 Å². The molecule has 1 N–H and O–H groups in total. The Morgan fingerprint density at radius 3 is 2.19 bits per heavy atom. The third-order valence-electron chi connectivity index (χ3n) is 4.17. The van der Waals surface area contributed by atoms with E-state index in [9.17, 15) is 0 Å². The van der Waals surface area contributed by atoms with Crippen LogP contribution in [-0.4, -0.2) is 0 Å². The summed E-state index contributed by atoms with van der Waals surface area (Å²) in [5, 5.41) is 3.53. The molecule has 0 bridgehead atoms. The fourth-order valence-corrected chi connectivity index (χ4v) is 4.29. The highest BCUT2D eigenvalue weighted by Crippen LogP contribution is 2.35. The van der Waals surface area contributed by atoms with Gasteiger partial charge in [-0.2, -0.15) is 0 Å². The van der Waals surface area contributed by atoms with Crippen molar-refractivity contribution in [2.24, 2.45) is 0 Å². The van der Waals surface area contributed by atoms with Gasteiger partial charge in [0, 0.05) is 12.2 Å². The van der Waals surface area contributed by atoms with Crippen LogP contribution in [0.15, 0.2) is 75.7 Å². The van der Waals surface area contributed by atoms with E-state index in [1.165, 1.54) is 16.8 Å². The van der Waals surface area contributed by atoms with Crippen molar-refractivity contribution >= 4 is 37.5 Å². The molecule has 0 unspecified atom stereocenters. The summed E-state index contributed by atoms with van der Waals surface area (Å²) in [4.78, 5) is 0. The third-order valence-corrected chi connectivity index (χ3v) is 5.34. The van der Waals surface area contributed by atoms with Gasteiger partial charge >= 0.3 is 0 Å². The summed E-state index contributed by atoms with van der Waals surface area (Å²) in [7, 11) is 0. The molecule has 3 aromatic carbocycles. The summed E-state index contributed by atoms with van der Waals surface area (Å²) in [6, 6.07) is 22.8. The first-order valence-electron chi connectivity index (χ1n) is 8.63. The summed E-state index contributed by atoms with van der Waals surface area (Å²) < 4.78 is 7.89. The highest BCUT2D eigenvalue weighted by molar-refractivity contribution is 9.11. The number of anilines is 1. The molecule has 0 fully saturated rings. The number of aryl methyl sites for hydroxylation is 1. The normalized spacial score (nSPS) is 10.6. The molecule has 0 amide bonds. The van der Waals surface area contributed by atoms with E-state index in [-0.39, 0.29) is 0 Å². The molecule has 0 aliphatic carbocycles. The Morgan fingerprint density at radius 2 is 1.50 bits per heavy atom. The van der Waals surface area contributed by atoms with Crippen LogP contribution < -0.4 is 10.1 Å². The number of nitrogens with one attached hydrogen (secondary N) is 1. The lowest BCUT2D eigenvalue weighted by Gasteiger charge is -2.14. The Kier molecular flexibility index (Phi) is 6.75. The van der Waals surface area contributed by atoms with Gasteiger partial charge in [-0.05, 0) is 73.2 Å². The van der Waals surface area contributed by atoms with Gasteiger partial charge in [0.1, 0.15) is 12.4 Å². The zero-order chi connectivity index (χ0) is 18.4. The van der Waals surface area contributed by atoms with Crippen LogP contribution in [0.1, 0.15) is 23.6 Å². The Labute approximate surface area is 171 Å². The molecule has 0 saturated heterocycles. The molecule has 26 heavy (non-hydrogen) atoms. The topological polar surface area (TPSA) is 21.3 Å². The van der Waals surface area contributed by atoms with Crippen LogP contribution >= 0.6 is 31.9 Å². The van der Waals surface area contributed by atoms with E-state index in [0.717, 1.165) is 33.2 Å². The minimum Gasteiger partial charge on any atom is -0.487 e. The molecule has 0 radical (unpaired) electrons. The summed E-state index contributed by atoms with van der Waals surface area (Å²) in [6.45, 7) is 3.47. The average molecular weight is 475 g/mol. The Morgan fingerprint density at radius 1 is 0.846 bits per heavy atom. The van der Waals surface area contributed by atoms with Gasteiger partial charge < -0.3 is 10.1 Å². The van der Waals surface area contributed by atoms with Gasteiger partial charge in [-0.25, -0.2) is 0 Å². The fourth-order valence-electron chi connectivity index (χ4n) is 2.78. The van der Waals surface area contributed by atoms with Gasteiger partial charge in [0.25, 0.3) is 0 Å². The molecule has 2 nitrogen and oxygen atoms in total. The number of hydrogen-bond acceptors (Lipinski definition) is 2. The molecule has 4 heteroatoms. The van der Waals surface area contributed by atoms with Crippen LogP contribution in [0.5, 0.6) is 5.75 Å². The van der Waals surface area contributed by atoms with E-state index >= 15 is 0 Å². The van der Waals surface area contributed by atoms with Crippen molar-refractivity contribution in [2.45, 2.75) is 26.5 Å². The summed E-state index contributed by atoms with van der Waals surface area (Å²) in [5.74, 6) is 0.826. The highest BCUT2D eigenvalue weighted by atomic mass is 79.9. The van der Waals surface area contributed by atoms with Crippen molar-refractivity contribution in [3.8, 4) is 5.75 Å². The van der Waals surface area contributed by atoms with E-state index in [1.807, 2.05) is 18.2 Å². The average Bonchev–Trinajstić information content (AvgIpc) is 2.66. The molecule has 3 aromatic rings. The smallest absolute Gasteiger partial charge is 0.148 e. The second-order valence-electron chi connectivity index (χ2n) is 6.03. The van der Waals surface area contributed by atoms with E-state index in [4.69, 9.17) is 4.74 Å². The van der Waals surface area contributed by atoms with Crippen molar-refractivity contribution < 1.29 is 4.74 Å². The van der Waals surface area contributed by atoms with Crippen molar-refractivity contribution in [1.29, 1.82) is 0 Å². The standard InChI is InChI=1S/C22H21Br2NO/c1-2-18-10-6-7-11-21(18)25-14-17-12-19(23)22(20(24)13-17)26-15-16-8-4-3-5-9-16/h3-13,25H,2,14-15H2,1H3. The molecule has 0 atom stereocenters. The Balaban J connectivity index is 1.68. The number of rotatable bonds is 7. The number of halogens is 2. The molecule has 3 rings (SSSR count). The van der Waals surface area contributed by atoms with Gasteiger partial charge in [-0.15, -0.1) is 0 Å². The molecule has 0 aliphatic heterocycles. The van der Waals surface area contributed by atoms with Crippen molar-refractivity contribution in [3.63, 3.8) is 0 Å².